The number of aryl methyl sites for hydroxylation is 2. The van der Waals surface area contributed by atoms with Crippen LogP contribution in [0.3, 0.4) is 0 Å². The summed E-state index contributed by atoms with van der Waals surface area (Å²) in [6.45, 7) is 3.93. The normalized spacial score (nSPS) is 10.5. The van der Waals surface area contributed by atoms with Gasteiger partial charge < -0.3 is 5.32 Å². The maximum absolute atomic E-state index is 11.9. The number of para-hydroxylation sites is 1. The second-order valence-electron chi connectivity index (χ2n) is 5.02. The second kappa shape index (κ2) is 7.89. The third kappa shape index (κ3) is 4.51. The minimum Gasteiger partial charge on any atom is -0.317 e. The van der Waals surface area contributed by atoms with Gasteiger partial charge in [-0.2, -0.15) is 5.10 Å². The first-order valence-corrected chi connectivity index (χ1v) is 7.39. The summed E-state index contributed by atoms with van der Waals surface area (Å²) in [5.41, 5.74) is 5.75. The molecule has 0 spiro atoms. The lowest BCUT2D eigenvalue weighted by atomic mass is 10.1. The minimum absolute atomic E-state index is 0.637. The number of amides is 2. The summed E-state index contributed by atoms with van der Waals surface area (Å²) in [6, 6.07) is 15.0. The Morgan fingerprint density at radius 3 is 2.48 bits per heavy atom. The number of carbonyl (C=O) groups excluding carboxylic acids is 2. The molecule has 5 heteroatoms. The number of nitrogens with one attached hydrogen (secondary N) is 2. The van der Waals surface area contributed by atoms with E-state index in [9.17, 15) is 9.59 Å². The summed E-state index contributed by atoms with van der Waals surface area (Å²) in [5, 5.41) is 6.42. The lowest BCUT2D eigenvalue weighted by molar-refractivity contribution is -0.136. The molecule has 0 bridgehead atoms. The van der Waals surface area contributed by atoms with Gasteiger partial charge in [-0.25, -0.2) is 5.43 Å². The number of anilines is 1. The average molecular weight is 309 g/mol. The van der Waals surface area contributed by atoms with Crippen molar-refractivity contribution in [2.24, 2.45) is 5.10 Å². The molecule has 0 aliphatic heterocycles. The van der Waals surface area contributed by atoms with Crippen LogP contribution in [0.15, 0.2) is 53.6 Å². The van der Waals surface area contributed by atoms with E-state index in [0.29, 0.717) is 5.69 Å². The van der Waals surface area contributed by atoms with Gasteiger partial charge in [0.05, 0.1) is 6.21 Å². The smallest absolute Gasteiger partial charge is 0.317 e. The number of nitrogens with zero attached hydrogens (tertiary/aromatic N) is 1. The van der Waals surface area contributed by atoms with Gasteiger partial charge in [-0.15, -0.1) is 0 Å². The Balaban J connectivity index is 1.95. The summed E-state index contributed by atoms with van der Waals surface area (Å²) >= 11 is 0. The molecule has 2 amide bonds. The van der Waals surface area contributed by atoms with E-state index in [1.807, 2.05) is 56.3 Å². The number of benzene rings is 2. The van der Waals surface area contributed by atoms with Gasteiger partial charge in [0.15, 0.2) is 0 Å². The maximum Gasteiger partial charge on any atom is 0.329 e. The van der Waals surface area contributed by atoms with E-state index in [-0.39, 0.29) is 0 Å². The van der Waals surface area contributed by atoms with Crippen molar-refractivity contribution < 1.29 is 9.59 Å². The highest BCUT2D eigenvalue weighted by Crippen LogP contribution is 2.15. The Kier molecular flexibility index (Phi) is 5.63. The molecule has 0 atom stereocenters. The molecule has 0 fully saturated rings. The van der Waals surface area contributed by atoms with E-state index in [0.717, 1.165) is 23.1 Å². The monoisotopic (exact) mass is 309 g/mol. The molecule has 0 saturated carbocycles. The van der Waals surface area contributed by atoms with E-state index in [1.165, 1.54) is 6.21 Å². The van der Waals surface area contributed by atoms with E-state index in [2.05, 4.69) is 15.8 Å². The summed E-state index contributed by atoms with van der Waals surface area (Å²) in [7, 11) is 0. The summed E-state index contributed by atoms with van der Waals surface area (Å²) < 4.78 is 0. The fraction of sp³-hybridized carbons (Fsp3) is 0.167. The highest BCUT2D eigenvalue weighted by atomic mass is 16.2. The van der Waals surface area contributed by atoms with Crippen LogP contribution in [0, 0.1) is 6.92 Å². The van der Waals surface area contributed by atoms with Crippen molar-refractivity contribution in [1.82, 2.24) is 5.43 Å². The molecular formula is C18H19N3O2. The first kappa shape index (κ1) is 16.4. The zero-order valence-electron chi connectivity index (χ0n) is 13.2. The first-order chi connectivity index (χ1) is 11.1. The lowest BCUT2D eigenvalue weighted by Gasteiger charge is -2.08. The highest BCUT2D eigenvalue weighted by Gasteiger charge is 2.14. The fourth-order valence-electron chi connectivity index (χ4n) is 2.07. The molecule has 118 valence electrons. The summed E-state index contributed by atoms with van der Waals surface area (Å²) in [6.07, 6.45) is 2.28. The molecular weight excluding hydrogens is 290 g/mol. The van der Waals surface area contributed by atoms with Crippen molar-refractivity contribution in [2.45, 2.75) is 20.3 Å². The van der Waals surface area contributed by atoms with Crippen LogP contribution in [-0.4, -0.2) is 18.0 Å². The molecule has 2 N–H and O–H groups in total. The Morgan fingerprint density at radius 2 is 1.74 bits per heavy atom. The van der Waals surface area contributed by atoms with Crippen molar-refractivity contribution in [3.8, 4) is 0 Å². The second-order valence-corrected chi connectivity index (χ2v) is 5.02. The molecule has 2 aromatic rings. The van der Waals surface area contributed by atoms with E-state index < -0.39 is 11.8 Å². The molecule has 0 unspecified atom stereocenters. The predicted octanol–water partition coefficient (Wildman–Crippen LogP) is 2.65. The molecule has 0 aliphatic rings. The molecule has 2 aromatic carbocycles. The molecule has 0 aromatic heterocycles. The van der Waals surface area contributed by atoms with Crippen LogP contribution in [0.5, 0.6) is 0 Å². The number of hydrogen-bond donors (Lipinski definition) is 2. The summed E-state index contributed by atoms with van der Waals surface area (Å²) in [5.74, 6) is -1.55. The number of carbonyl (C=O) groups is 2. The number of hydrogen-bond acceptors (Lipinski definition) is 3. The molecule has 0 saturated heterocycles. The number of hydrazone groups is 1. The van der Waals surface area contributed by atoms with Crippen LogP contribution in [0.1, 0.15) is 23.6 Å². The van der Waals surface area contributed by atoms with Crippen LogP contribution in [-0.2, 0) is 16.0 Å². The van der Waals surface area contributed by atoms with Crippen LogP contribution >= 0.6 is 0 Å². The zero-order valence-corrected chi connectivity index (χ0v) is 13.2. The standard InChI is InChI=1S/C18H19N3O2/c1-3-14-9-6-7-11-16(14)20-17(22)18(23)21-19-12-15-10-5-4-8-13(15)2/h4-12H,3H2,1-2H3,(H,20,22)(H,21,23)/b19-12-. The Labute approximate surface area is 135 Å². The lowest BCUT2D eigenvalue weighted by Crippen LogP contribution is -2.32. The molecule has 2 rings (SSSR count). The van der Waals surface area contributed by atoms with Gasteiger partial charge in [0.1, 0.15) is 0 Å². The van der Waals surface area contributed by atoms with E-state index >= 15 is 0 Å². The van der Waals surface area contributed by atoms with Crippen LogP contribution in [0.4, 0.5) is 5.69 Å². The first-order valence-electron chi connectivity index (χ1n) is 7.39. The highest BCUT2D eigenvalue weighted by molar-refractivity contribution is 6.39. The maximum atomic E-state index is 11.9. The van der Waals surface area contributed by atoms with Gasteiger partial charge in [-0.3, -0.25) is 9.59 Å². The molecule has 5 nitrogen and oxygen atoms in total. The van der Waals surface area contributed by atoms with E-state index in [4.69, 9.17) is 0 Å². The Hall–Kier alpha value is -2.95. The van der Waals surface area contributed by atoms with Gasteiger partial charge in [0.2, 0.25) is 0 Å². The molecule has 0 aliphatic carbocycles. The van der Waals surface area contributed by atoms with Crippen LogP contribution < -0.4 is 10.7 Å². The molecule has 0 heterocycles. The van der Waals surface area contributed by atoms with Gasteiger partial charge in [-0.1, -0.05) is 49.4 Å². The Bertz CT molecular complexity index is 739. The van der Waals surface area contributed by atoms with E-state index in [1.54, 1.807) is 6.07 Å². The SMILES string of the molecule is CCc1ccccc1NC(=O)C(=O)N/N=C\c1ccccc1C. The number of rotatable bonds is 4. The van der Waals surface area contributed by atoms with Gasteiger partial charge in [0.25, 0.3) is 0 Å². The zero-order chi connectivity index (χ0) is 16.7. The topological polar surface area (TPSA) is 70.6 Å². The minimum atomic E-state index is -0.805. The van der Waals surface area contributed by atoms with Gasteiger partial charge >= 0.3 is 11.8 Å². The van der Waals surface area contributed by atoms with Crippen molar-refractivity contribution in [1.29, 1.82) is 0 Å². The van der Waals surface area contributed by atoms with Gasteiger partial charge in [-0.05, 0) is 36.1 Å². The van der Waals surface area contributed by atoms with Crippen LogP contribution in [0.25, 0.3) is 0 Å². The largest absolute Gasteiger partial charge is 0.329 e. The quantitative estimate of drug-likeness (QED) is 0.518. The third-order valence-electron chi connectivity index (χ3n) is 3.41. The Morgan fingerprint density at radius 1 is 1.04 bits per heavy atom. The summed E-state index contributed by atoms with van der Waals surface area (Å²) in [4.78, 5) is 23.7. The van der Waals surface area contributed by atoms with Crippen molar-refractivity contribution in [3.05, 3.63) is 65.2 Å². The van der Waals surface area contributed by atoms with Crippen molar-refractivity contribution in [3.63, 3.8) is 0 Å². The fourth-order valence-corrected chi connectivity index (χ4v) is 2.07. The van der Waals surface area contributed by atoms with Gasteiger partial charge in [0, 0.05) is 5.69 Å². The predicted molar refractivity (Wildman–Crippen MR) is 91.4 cm³/mol. The molecule has 23 heavy (non-hydrogen) atoms. The van der Waals surface area contributed by atoms with Crippen molar-refractivity contribution in [2.75, 3.05) is 5.32 Å². The van der Waals surface area contributed by atoms with Crippen LogP contribution in [0.2, 0.25) is 0 Å². The average Bonchev–Trinajstić information content (AvgIpc) is 2.57. The third-order valence-corrected chi connectivity index (χ3v) is 3.41. The molecule has 0 radical (unpaired) electrons. The van der Waals surface area contributed by atoms with Crippen molar-refractivity contribution >= 4 is 23.7 Å².